The molecule has 17 nitrogen and oxygen atoms in total. The normalized spacial score (nSPS) is 14.7. The molecule has 8 atom stereocenters. The summed E-state index contributed by atoms with van der Waals surface area (Å²) in [6.45, 7) is 12.0. The first-order valence-corrected chi connectivity index (χ1v) is 46.5. The molecule has 0 aliphatic heterocycles. The monoisotopic (exact) mass is 1510 g/mol. The number of hydrogen-bond donors (Lipinski definition) is 3. The van der Waals surface area contributed by atoms with Crippen molar-refractivity contribution in [3.05, 3.63) is 0 Å². The van der Waals surface area contributed by atoms with Gasteiger partial charge in [0.25, 0.3) is 0 Å². The Hall–Kier alpha value is -1.94. The van der Waals surface area contributed by atoms with Crippen LogP contribution in [-0.2, 0) is 65.4 Å². The van der Waals surface area contributed by atoms with Crippen LogP contribution in [0.3, 0.4) is 0 Å². The predicted octanol–water partition coefficient (Wildman–Crippen LogP) is 25.3. The van der Waals surface area contributed by atoms with Gasteiger partial charge in [0, 0.05) is 25.7 Å². The number of phosphoric ester groups is 2. The second-order valence-corrected chi connectivity index (χ2v) is 33.9. The molecule has 0 saturated carbocycles. The number of carbonyl (C=O) groups is 4. The second-order valence-electron chi connectivity index (χ2n) is 30.9. The fourth-order valence-electron chi connectivity index (χ4n) is 12.9. The zero-order valence-corrected chi connectivity index (χ0v) is 69.6. The van der Waals surface area contributed by atoms with Crippen molar-refractivity contribution in [3.63, 3.8) is 0 Å². The van der Waals surface area contributed by atoms with E-state index < -0.39 is 97.5 Å². The summed E-state index contributed by atoms with van der Waals surface area (Å²) in [5, 5.41) is 10.6. The van der Waals surface area contributed by atoms with Crippen LogP contribution < -0.4 is 0 Å². The minimum absolute atomic E-state index is 0.105. The highest BCUT2D eigenvalue weighted by molar-refractivity contribution is 7.47. The highest BCUT2D eigenvalue weighted by Gasteiger charge is 2.30. The molecule has 5 unspecified atom stereocenters. The molecule has 103 heavy (non-hydrogen) atoms. The molecule has 0 aromatic carbocycles. The first-order chi connectivity index (χ1) is 49.8. The molecule has 0 aromatic rings. The zero-order valence-electron chi connectivity index (χ0n) is 67.8. The molecule has 0 rings (SSSR count). The van der Waals surface area contributed by atoms with Crippen LogP contribution in [0.1, 0.15) is 440 Å². The van der Waals surface area contributed by atoms with Gasteiger partial charge in [0.2, 0.25) is 0 Å². The average Bonchev–Trinajstić information content (AvgIpc) is 0.960. The lowest BCUT2D eigenvalue weighted by molar-refractivity contribution is -0.161. The minimum Gasteiger partial charge on any atom is -0.462 e. The maximum atomic E-state index is 13.1. The zero-order chi connectivity index (χ0) is 75.8. The van der Waals surface area contributed by atoms with E-state index in [1.165, 1.54) is 244 Å². The molecular formula is C84H164O17P2. The number of carbonyl (C=O) groups excluding carboxylic acids is 4. The van der Waals surface area contributed by atoms with E-state index in [4.69, 9.17) is 37.0 Å². The SMILES string of the molecule is CCCCCCCC(=O)OC[C@H](COP(=O)(O)OC[C@H](O)COP(=O)(O)OC[C@@H](COC(=O)CCCCCCCCCCCCCCCCCCCCC(C)CC)OC(=O)CCCCCCCCCCCCCCCCCCCCC(C)CC)OC(=O)CCCCCCCCCCCCC(C)CC. The summed E-state index contributed by atoms with van der Waals surface area (Å²) < 4.78 is 68.5. The van der Waals surface area contributed by atoms with Crippen molar-refractivity contribution in [2.75, 3.05) is 39.6 Å². The van der Waals surface area contributed by atoms with Crippen molar-refractivity contribution >= 4 is 39.5 Å². The summed E-state index contributed by atoms with van der Waals surface area (Å²) in [4.78, 5) is 72.8. The lowest BCUT2D eigenvalue weighted by atomic mass is 9.99. The highest BCUT2D eigenvalue weighted by Crippen LogP contribution is 2.45. The Morgan fingerprint density at radius 1 is 0.272 bits per heavy atom. The Kier molecular flexibility index (Phi) is 72.8. The van der Waals surface area contributed by atoms with Crippen LogP contribution in [0.15, 0.2) is 0 Å². The third-order valence-corrected chi connectivity index (χ3v) is 22.6. The number of ether oxygens (including phenoxy) is 4. The van der Waals surface area contributed by atoms with Gasteiger partial charge >= 0.3 is 39.5 Å². The molecule has 0 radical (unpaired) electrons. The summed E-state index contributed by atoms with van der Waals surface area (Å²) in [7, 11) is -9.91. The topological polar surface area (TPSA) is 237 Å². The van der Waals surface area contributed by atoms with E-state index in [1.54, 1.807) is 0 Å². The minimum atomic E-state index is -4.96. The van der Waals surface area contributed by atoms with Crippen LogP contribution in [0.4, 0.5) is 0 Å². The molecule has 0 saturated heterocycles. The van der Waals surface area contributed by atoms with Crippen LogP contribution in [0.2, 0.25) is 0 Å². The van der Waals surface area contributed by atoms with Crippen molar-refractivity contribution in [2.45, 2.75) is 458 Å². The van der Waals surface area contributed by atoms with Gasteiger partial charge in [-0.1, -0.05) is 389 Å². The number of phosphoric acid groups is 2. The second kappa shape index (κ2) is 74.2. The van der Waals surface area contributed by atoms with Gasteiger partial charge in [0.05, 0.1) is 26.4 Å². The van der Waals surface area contributed by atoms with Gasteiger partial charge < -0.3 is 33.8 Å². The molecule has 19 heteroatoms. The van der Waals surface area contributed by atoms with E-state index in [1.807, 2.05) is 0 Å². The molecule has 0 aliphatic rings. The number of unbranched alkanes of at least 4 members (excludes halogenated alkanes) is 47. The Morgan fingerprint density at radius 3 is 0.689 bits per heavy atom. The molecule has 0 bridgehead atoms. The number of aliphatic hydroxyl groups excluding tert-OH is 1. The standard InChI is InChI=1S/C84H164O17P2/c1-8-12-13-48-58-65-81(86)94-71-79(100-83(88)68-61-54-47-41-35-34-38-44-51-57-64-77(7)11-4)73-98-102(90,91)96-69-78(85)70-97-103(92,93)99-74-80(101-84(89)67-60-53-46-40-33-29-25-21-17-15-19-23-27-31-37-43-50-56-63-76(6)10-3)72-95-82(87)66-59-52-45-39-32-28-24-20-16-14-18-22-26-30-36-42-49-55-62-75(5)9-2/h75-80,85H,8-74H2,1-7H3,(H,90,91)(H,92,93)/t75?,76?,77?,78-,79+,80+/m0/s1. The van der Waals surface area contributed by atoms with E-state index in [0.717, 1.165) is 114 Å². The van der Waals surface area contributed by atoms with Crippen molar-refractivity contribution in [2.24, 2.45) is 17.8 Å². The maximum Gasteiger partial charge on any atom is 0.472 e. The Bertz CT molecular complexity index is 2000. The predicted molar refractivity (Wildman–Crippen MR) is 423 cm³/mol. The number of hydrogen-bond acceptors (Lipinski definition) is 15. The van der Waals surface area contributed by atoms with Gasteiger partial charge in [-0.05, 0) is 43.4 Å². The van der Waals surface area contributed by atoms with Gasteiger partial charge in [-0.25, -0.2) is 9.13 Å². The van der Waals surface area contributed by atoms with Gasteiger partial charge in [-0.3, -0.25) is 37.3 Å². The summed E-state index contributed by atoms with van der Waals surface area (Å²) in [6.07, 6.45) is 64.3. The highest BCUT2D eigenvalue weighted by atomic mass is 31.2. The van der Waals surface area contributed by atoms with Crippen molar-refractivity contribution in [3.8, 4) is 0 Å². The molecular weight excluding hydrogens is 1340 g/mol. The third kappa shape index (κ3) is 74.0. The average molecular weight is 1510 g/mol. The van der Waals surface area contributed by atoms with E-state index in [2.05, 4.69) is 48.5 Å². The largest absolute Gasteiger partial charge is 0.472 e. The first kappa shape index (κ1) is 101. The van der Waals surface area contributed by atoms with Crippen LogP contribution in [0.25, 0.3) is 0 Å². The van der Waals surface area contributed by atoms with Gasteiger partial charge in [0.1, 0.15) is 19.3 Å². The Balaban J connectivity index is 5.11. The fraction of sp³-hybridized carbons (Fsp3) is 0.952. The first-order valence-electron chi connectivity index (χ1n) is 43.5. The molecule has 0 amide bonds. The number of rotatable bonds is 82. The van der Waals surface area contributed by atoms with Gasteiger partial charge in [-0.2, -0.15) is 0 Å². The fourth-order valence-corrected chi connectivity index (χ4v) is 14.5. The summed E-state index contributed by atoms with van der Waals surface area (Å²) in [5.41, 5.74) is 0. The van der Waals surface area contributed by atoms with E-state index in [9.17, 15) is 43.2 Å². The van der Waals surface area contributed by atoms with E-state index in [-0.39, 0.29) is 25.7 Å². The molecule has 0 heterocycles. The quantitative estimate of drug-likeness (QED) is 0.0222. The van der Waals surface area contributed by atoms with Crippen molar-refractivity contribution in [1.82, 2.24) is 0 Å². The van der Waals surface area contributed by atoms with Crippen molar-refractivity contribution in [1.29, 1.82) is 0 Å². The smallest absolute Gasteiger partial charge is 0.462 e. The summed E-state index contributed by atoms with van der Waals surface area (Å²) >= 11 is 0. The van der Waals surface area contributed by atoms with E-state index in [0.29, 0.717) is 25.7 Å². The number of aliphatic hydroxyl groups is 1. The Morgan fingerprint density at radius 2 is 0.466 bits per heavy atom. The van der Waals surface area contributed by atoms with E-state index >= 15 is 0 Å². The summed E-state index contributed by atoms with van der Waals surface area (Å²) in [6, 6.07) is 0. The Labute approximate surface area is 632 Å². The van der Waals surface area contributed by atoms with Crippen LogP contribution >= 0.6 is 15.6 Å². The lowest BCUT2D eigenvalue weighted by Gasteiger charge is -2.21. The van der Waals surface area contributed by atoms with Crippen LogP contribution in [0, 0.1) is 17.8 Å². The molecule has 612 valence electrons. The molecule has 0 aromatic heterocycles. The number of esters is 4. The molecule has 0 aliphatic carbocycles. The molecule has 0 spiro atoms. The summed E-state index contributed by atoms with van der Waals surface area (Å²) in [5.74, 6) is 0.428. The molecule has 3 N–H and O–H groups in total. The van der Waals surface area contributed by atoms with Gasteiger partial charge in [0.15, 0.2) is 12.2 Å². The lowest BCUT2D eigenvalue weighted by Crippen LogP contribution is -2.30. The third-order valence-electron chi connectivity index (χ3n) is 20.7. The van der Waals surface area contributed by atoms with Crippen LogP contribution in [0.5, 0.6) is 0 Å². The van der Waals surface area contributed by atoms with Crippen molar-refractivity contribution < 1.29 is 80.2 Å². The maximum absolute atomic E-state index is 13.1. The molecule has 0 fully saturated rings. The van der Waals surface area contributed by atoms with Gasteiger partial charge in [-0.15, -0.1) is 0 Å². The van der Waals surface area contributed by atoms with Crippen LogP contribution in [-0.4, -0.2) is 96.7 Å².